The second kappa shape index (κ2) is 12.5. The fourth-order valence-corrected chi connectivity index (χ4v) is 4.20. The van der Waals surface area contributed by atoms with Crippen molar-refractivity contribution < 1.29 is 20.0 Å². The highest BCUT2D eigenvalue weighted by Gasteiger charge is 2.26. The second-order valence-electron chi connectivity index (χ2n) is 8.48. The molecule has 0 fully saturated rings. The third kappa shape index (κ3) is 7.89. The van der Waals surface area contributed by atoms with Gasteiger partial charge >= 0.3 is 5.97 Å². The zero-order chi connectivity index (χ0) is 23.6. The lowest BCUT2D eigenvalue weighted by atomic mass is 9.77. The third-order valence-electron chi connectivity index (χ3n) is 5.92. The normalized spacial score (nSPS) is 13.8. The maximum absolute atomic E-state index is 11.2. The van der Waals surface area contributed by atoms with Gasteiger partial charge in [0.25, 0.3) is 0 Å². The predicted octanol–water partition coefficient (Wildman–Crippen LogP) is 5.48. The van der Waals surface area contributed by atoms with E-state index >= 15 is 0 Å². The lowest BCUT2D eigenvalue weighted by Gasteiger charge is -2.30. The molecule has 0 spiro atoms. The van der Waals surface area contributed by atoms with Crippen LogP contribution in [0.4, 0.5) is 5.69 Å². The van der Waals surface area contributed by atoms with Gasteiger partial charge in [0.15, 0.2) is 5.11 Å². The maximum Gasteiger partial charge on any atom is 0.303 e. The zero-order valence-corrected chi connectivity index (χ0v) is 19.9. The first kappa shape index (κ1) is 25.8. The lowest BCUT2D eigenvalue weighted by molar-refractivity contribution is -0.244. The van der Waals surface area contributed by atoms with Gasteiger partial charge in [-0.2, -0.15) is 0 Å². The molecule has 0 radical (unpaired) electrons. The Morgan fingerprint density at radius 3 is 2.53 bits per heavy atom. The zero-order valence-electron chi connectivity index (χ0n) is 19.1. The summed E-state index contributed by atoms with van der Waals surface area (Å²) in [7, 11) is 0. The van der Waals surface area contributed by atoms with Gasteiger partial charge in [0, 0.05) is 12.2 Å². The van der Waals surface area contributed by atoms with E-state index in [4.69, 9.17) is 17.5 Å². The van der Waals surface area contributed by atoms with Crippen LogP contribution >= 0.6 is 12.2 Å². The fraction of sp³-hybridized carbons (Fsp3) is 0.440. The minimum Gasteiger partial charge on any atom is -0.481 e. The van der Waals surface area contributed by atoms with Crippen molar-refractivity contribution >= 4 is 29.0 Å². The molecule has 0 amide bonds. The van der Waals surface area contributed by atoms with Gasteiger partial charge in [0.1, 0.15) is 0 Å². The smallest absolute Gasteiger partial charge is 0.303 e. The predicted molar refractivity (Wildman–Crippen MR) is 132 cm³/mol. The molecule has 4 N–H and O–H groups in total. The van der Waals surface area contributed by atoms with E-state index in [2.05, 4.69) is 34.6 Å². The number of aliphatic carboxylic acids is 1. The highest BCUT2D eigenvalue weighted by atomic mass is 32.1. The number of hydrogen-bond acceptors (Lipinski definition) is 4. The molecule has 174 valence electrons. The molecular formula is C25H34N2O4S. The van der Waals surface area contributed by atoms with Crippen LogP contribution in [0, 0.1) is 6.92 Å². The molecule has 2 aromatic rings. The van der Waals surface area contributed by atoms with Crippen molar-refractivity contribution in [3.05, 3.63) is 65.2 Å². The van der Waals surface area contributed by atoms with Crippen molar-refractivity contribution in [3.63, 3.8) is 0 Å². The van der Waals surface area contributed by atoms with Crippen molar-refractivity contribution in [1.82, 2.24) is 5.32 Å². The van der Waals surface area contributed by atoms with Crippen LogP contribution in [0.15, 0.2) is 48.5 Å². The molecule has 2 atom stereocenters. The van der Waals surface area contributed by atoms with E-state index in [0.29, 0.717) is 18.1 Å². The van der Waals surface area contributed by atoms with E-state index in [1.165, 1.54) is 5.56 Å². The number of anilines is 1. The molecule has 32 heavy (non-hydrogen) atoms. The summed E-state index contributed by atoms with van der Waals surface area (Å²) in [6, 6.07) is 16.2. The maximum atomic E-state index is 11.2. The third-order valence-corrected chi connectivity index (χ3v) is 6.17. The Morgan fingerprint density at radius 2 is 1.91 bits per heavy atom. The number of nitrogens with one attached hydrogen (secondary N) is 2. The van der Waals surface area contributed by atoms with E-state index < -0.39 is 5.97 Å². The van der Waals surface area contributed by atoms with Crippen LogP contribution < -0.4 is 10.6 Å². The van der Waals surface area contributed by atoms with Gasteiger partial charge < -0.3 is 15.7 Å². The van der Waals surface area contributed by atoms with Crippen LogP contribution in [0.5, 0.6) is 0 Å². The molecular weight excluding hydrogens is 424 g/mol. The van der Waals surface area contributed by atoms with Gasteiger partial charge in [-0.1, -0.05) is 50.2 Å². The van der Waals surface area contributed by atoms with Crippen molar-refractivity contribution in [1.29, 1.82) is 0 Å². The largest absolute Gasteiger partial charge is 0.481 e. The van der Waals surface area contributed by atoms with Crippen LogP contribution in [0.2, 0.25) is 0 Å². The molecule has 0 aromatic heterocycles. The Morgan fingerprint density at radius 1 is 1.19 bits per heavy atom. The van der Waals surface area contributed by atoms with Gasteiger partial charge in [-0.3, -0.25) is 10.1 Å². The summed E-state index contributed by atoms with van der Waals surface area (Å²) < 4.78 is 0. The summed E-state index contributed by atoms with van der Waals surface area (Å²) in [6.45, 7) is 7.06. The Labute approximate surface area is 195 Å². The molecule has 0 saturated heterocycles. The molecule has 0 aliphatic carbocycles. The van der Waals surface area contributed by atoms with Crippen LogP contribution in [0.25, 0.3) is 0 Å². The first-order chi connectivity index (χ1) is 15.3. The van der Waals surface area contributed by atoms with Crippen LogP contribution in [0.1, 0.15) is 62.1 Å². The second-order valence-corrected chi connectivity index (χ2v) is 8.88. The number of thiocarbonyl (C=S) groups is 1. The number of carbonyl (C=O) groups is 1. The molecule has 2 rings (SSSR count). The first-order valence-corrected chi connectivity index (χ1v) is 11.4. The number of aryl methyl sites for hydroxylation is 1. The summed E-state index contributed by atoms with van der Waals surface area (Å²) in [5.74, 6) is -0.826. The van der Waals surface area contributed by atoms with Crippen LogP contribution in [-0.4, -0.2) is 34.6 Å². The highest BCUT2D eigenvalue weighted by Crippen LogP contribution is 2.31. The molecule has 0 aliphatic heterocycles. The minimum atomic E-state index is -0.793. The van der Waals surface area contributed by atoms with Gasteiger partial charge in [0.2, 0.25) is 0 Å². The van der Waals surface area contributed by atoms with E-state index in [9.17, 15) is 9.90 Å². The summed E-state index contributed by atoms with van der Waals surface area (Å²) >= 11 is 5.50. The summed E-state index contributed by atoms with van der Waals surface area (Å²) in [5, 5.41) is 25.0. The topological polar surface area (TPSA) is 90.8 Å². The SMILES string of the molecule is CCC(CC(=O)O)c1cc(C)cc(NC(=S)NCCC(C)(CCOO)c2ccccc2)c1. The molecule has 0 bridgehead atoms. The number of carboxylic acids is 1. The van der Waals surface area contributed by atoms with Gasteiger partial charge in [0.05, 0.1) is 13.0 Å². The molecule has 6 nitrogen and oxygen atoms in total. The molecule has 7 heteroatoms. The van der Waals surface area contributed by atoms with Crippen LogP contribution in [-0.2, 0) is 15.1 Å². The Kier molecular flexibility index (Phi) is 10.1. The number of carboxylic acid groups (broad SMARTS) is 1. The molecule has 0 saturated carbocycles. The molecule has 0 heterocycles. The van der Waals surface area contributed by atoms with Crippen molar-refractivity contribution in [2.45, 2.75) is 57.8 Å². The lowest BCUT2D eigenvalue weighted by Crippen LogP contribution is -2.34. The Hall–Kier alpha value is -2.48. The average molecular weight is 459 g/mol. The van der Waals surface area contributed by atoms with E-state index in [-0.39, 0.29) is 24.4 Å². The molecule has 2 unspecified atom stereocenters. The van der Waals surface area contributed by atoms with Gasteiger partial charge in [-0.05, 0) is 78.6 Å². The summed E-state index contributed by atoms with van der Waals surface area (Å²) in [5.41, 5.74) is 3.91. The van der Waals surface area contributed by atoms with Crippen molar-refractivity contribution in [2.75, 3.05) is 18.5 Å². The first-order valence-electron chi connectivity index (χ1n) is 11.0. The van der Waals surface area contributed by atoms with Gasteiger partial charge in [-0.25, -0.2) is 4.89 Å². The Bertz CT molecular complexity index is 891. The van der Waals surface area contributed by atoms with Gasteiger partial charge in [-0.15, -0.1) is 0 Å². The average Bonchev–Trinajstić information content (AvgIpc) is 2.76. The monoisotopic (exact) mass is 458 g/mol. The van der Waals surface area contributed by atoms with E-state index in [1.807, 2.05) is 50.2 Å². The number of hydrogen-bond donors (Lipinski definition) is 4. The summed E-state index contributed by atoms with van der Waals surface area (Å²) in [6.07, 6.45) is 2.35. The quantitative estimate of drug-likeness (QED) is 0.190. The van der Waals surface area contributed by atoms with Crippen molar-refractivity contribution in [3.8, 4) is 0 Å². The number of benzene rings is 2. The minimum absolute atomic E-state index is 0.0326. The standard InChI is InChI=1S/C25H34N2O4S/c1-4-19(17-23(28)29)20-14-18(2)15-22(16-20)27-24(32)26-12-10-25(3,11-13-31-30)21-8-6-5-7-9-21/h5-9,14-16,19,30H,4,10-13,17H2,1-3H3,(H,28,29)(H2,26,27,32). The molecule has 2 aromatic carbocycles. The molecule has 0 aliphatic rings. The highest BCUT2D eigenvalue weighted by molar-refractivity contribution is 7.80. The van der Waals surface area contributed by atoms with E-state index in [0.717, 1.165) is 29.7 Å². The summed E-state index contributed by atoms with van der Waals surface area (Å²) in [4.78, 5) is 15.5. The number of rotatable bonds is 12. The van der Waals surface area contributed by atoms with E-state index in [1.54, 1.807) is 0 Å². The fourth-order valence-electron chi connectivity index (χ4n) is 3.98. The van der Waals surface area contributed by atoms with Crippen molar-refractivity contribution in [2.24, 2.45) is 0 Å². The van der Waals surface area contributed by atoms with Crippen LogP contribution in [0.3, 0.4) is 0 Å². The Balaban J connectivity index is 2.00.